The van der Waals surface area contributed by atoms with Crippen LogP contribution in [0, 0.1) is 0 Å². The van der Waals surface area contributed by atoms with Gasteiger partial charge in [0, 0.05) is 5.56 Å². The van der Waals surface area contributed by atoms with E-state index in [2.05, 4.69) is 9.73 Å². The smallest absolute Gasteiger partial charge is 0.418 e. The van der Waals surface area contributed by atoms with E-state index in [9.17, 15) is 57.1 Å². The zero-order valence-corrected chi connectivity index (χ0v) is 13.6. The second kappa shape index (κ2) is 6.73. The monoisotopic (exact) mass is 464 g/mol. The Balaban J connectivity index is 2.84. The molecule has 0 saturated carbocycles. The summed E-state index contributed by atoms with van der Waals surface area (Å²) in [5, 5.41) is 0. The Kier molecular flexibility index (Phi) is 5.32. The molecule has 0 unspecified atom stereocenters. The van der Waals surface area contributed by atoms with Crippen molar-refractivity contribution in [1.82, 2.24) is 0 Å². The molecule has 1 aliphatic heterocycles. The number of ether oxygens (including phenoxy) is 1. The Morgan fingerprint density at radius 3 is 1.53 bits per heavy atom. The van der Waals surface area contributed by atoms with Crippen molar-refractivity contribution >= 4 is 11.8 Å². The van der Waals surface area contributed by atoms with Gasteiger partial charge in [-0.3, -0.25) is 0 Å². The highest BCUT2D eigenvalue weighted by Crippen LogP contribution is 2.52. The minimum atomic E-state index is -7.14. The number of rotatable bonds is 3. The van der Waals surface area contributed by atoms with Crippen molar-refractivity contribution in [2.24, 2.45) is 9.98 Å². The molecule has 0 amide bonds. The van der Waals surface area contributed by atoms with Crippen LogP contribution in [0.4, 0.5) is 57.1 Å². The lowest BCUT2D eigenvalue weighted by Gasteiger charge is -2.36. The molecule has 0 saturated heterocycles. The van der Waals surface area contributed by atoms with E-state index in [1.165, 1.54) is 4.99 Å². The minimum Gasteiger partial charge on any atom is -0.418 e. The van der Waals surface area contributed by atoms with Gasteiger partial charge in [-0.25, -0.2) is 9.98 Å². The summed E-state index contributed by atoms with van der Waals surface area (Å²) in [5.74, 6) is -19.3. The van der Waals surface area contributed by atoms with Crippen LogP contribution in [-0.2, 0) is 4.74 Å². The molecule has 0 spiro atoms. The summed E-state index contributed by atoms with van der Waals surface area (Å²) >= 11 is 0. The van der Waals surface area contributed by atoms with Gasteiger partial charge in [0.15, 0.2) is 0 Å². The minimum absolute atomic E-state index is 0.680. The summed E-state index contributed by atoms with van der Waals surface area (Å²) in [6.07, 6.45) is -20.4. The molecule has 0 atom stereocenters. The summed E-state index contributed by atoms with van der Waals surface area (Å²) in [7, 11) is 0. The molecule has 3 nitrogen and oxygen atoms in total. The Hall–Kier alpha value is -2.55. The van der Waals surface area contributed by atoms with Crippen molar-refractivity contribution in [2.75, 3.05) is 0 Å². The van der Waals surface area contributed by atoms with Crippen molar-refractivity contribution in [3.8, 4) is 0 Å². The quantitative estimate of drug-likeness (QED) is 0.543. The molecule has 2 rings (SSSR count). The molecule has 0 bridgehead atoms. The molecule has 0 fully saturated rings. The normalized spacial score (nSPS) is 18.4. The molecule has 0 radical (unpaired) electrons. The first-order valence-corrected chi connectivity index (χ1v) is 7.17. The molecule has 0 N–H and O–H groups in total. The van der Waals surface area contributed by atoms with Crippen LogP contribution in [0.5, 0.6) is 0 Å². The van der Waals surface area contributed by atoms with Crippen molar-refractivity contribution in [2.45, 2.75) is 36.0 Å². The first kappa shape index (κ1) is 23.7. The predicted octanol–water partition coefficient (Wildman–Crippen LogP) is 5.52. The zero-order valence-electron chi connectivity index (χ0n) is 13.6. The number of nitrogens with zero attached hydrogens (tertiary/aromatic N) is 2. The van der Waals surface area contributed by atoms with Gasteiger partial charge in [-0.1, -0.05) is 18.2 Å². The Bertz CT molecular complexity index is 835. The molecule has 0 aromatic heterocycles. The number of benzene rings is 1. The lowest BCUT2D eigenvalue weighted by Crippen LogP contribution is -2.62. The van der Waals surface area contributed by atoms with Crippen LogP contribution in [0.15, 0.2) is 40.3 Å². The van der Waals surface area contributed by atoms with Gasteiger partial charge in [0.1, 0.15) is 0 Å². The van der Waals surface area contributed by atoms with Gasteiger partial charge in [0.25, 0.3) is 5.90 Å². The average Bonchev–Trinajstić information content (AvgIpc) is 2.59. The van der Waals surface area contributed by atoms with Crippen LogP contribution >= 0.6 is 0 Å². The van der Waals surface area contributed by atoms with E-state index < -0.39 is 53.4 Å². The summed E-state index contributed by atoms with van der Waals surface area (Å²) in [6, 6.07) is 4.43. The molecule has 1 aromatic rings. The molecule has 168 valence electrons. The van der Waals surface area contributed by atoms with Crippen LogP contribution in [-0.4, -0.2) is 47.8 Å². The third-order valence-electron chi connectivity index (χ3n) is 3.55. The van der Waals surface area contributed by atoms with Gasteiger partial charge in [-0.2, -0.15) is 57.1 Å². The lowest BCUT2D eigenvalue weighted by atomic mass is 10.1. The topological polar surface area (TPSA) is 34.0 Å². The number of aliphatic imine (C=N–C) groups is 2. The fourth-order valence-corrected chi connectivity index (χ4v) is 2.02. The van der Waals surface area contributed by atoms with Gasteiger partial charge >= 0.3 is 36.0 Å². The molecule has 1 aliphatic rings. The summed E-state index contributed by atoms with van der Waals surface area (Å²) in [6.45, 7) is 0. The molecule has 16 heteroatoms. The van der Waals surface area contributed by atoms with E-state index in [0.29, 0.717) is 12.1 Å². The van der Waals surface area contributed by atoms with Crippen molar-refractivity contribution in [3.63, 3.8) is 0 Å². The fourth-order valence-electron chi connectivity index (χ4n) is 2.02. The molecular formula is C14H5F13N2O. The second-order valence-electron chi connectivity index (χ2n) is 5.62. The highest BCUT2D eigenvalue weighted by molar-refractivity contribution is 6.05. The van der Waals surface area contributed by atoms with Gasteiger partial charge < -0.3 is 4.74 Å². The van der Waals surface area contributed by atoms with E-state index in [0.717, 1.165) is 18.2 Å². The lowest BCUT2D eigenvalue weighted by molar-refractivity contribution is -0.339. The van der Waals surface area contributed by atoms with Crippen LogP contribution < -0.4 is 0 Å². The van der Waals surface area contributed by atoms with Gasteiger partial charge in [-0.15, -0.1) is 0 Å². The van der Waals surface area contributed by atoms with E-state index in [4.69, 9.17) is 0 Å². The maximum atomic E-state index is 13.9. The van der Waals surface area contributed by atoms with Crippen molar-refractivity contribution in [3.05, 3.63) is 35.9 Å². The summed E-state index contributed by atoms with van der Waals surface area (Å²) in [4.78, 5) is 3.54. The molecule has 30 heavy (non-hydrogen) atoms. The van der Waals surface area contributed by atoms with Crippen molar-refractivity contribution < 1.29 is 61.8 Å². The Morgan fingerprint density at radius 2 is 1.13 bits per heavy atom. The highest BCUT2D eigenvalue weighted by Gasteiger charge is 2.79. The van der Waals surface area contributed by atoms with Crippen LogP contribution in [0.2, 0.25) is 0 Å². The van der Waals surface area contributed by atoms with Crippen LogP contribution in [0.25, 0.3) is 0 Å². The maximum absolute atomic E-state index is 13.9. The number of hydrogen-bond acceptors (Lipinski definition) is 3. The summed E-state index contributed by atoms with van der Waals surface area (Å²) in [5.41, 5.74) is -6.70. The maximum Gasteiger partial charge on any atom is 0.460 e. The van der Waals surface area contributed by atoms with Crippen molar-refractivity contribution in [1.29, 1.82) is 0 Å². The largest absolute Gasteiger partial charge is 0.460 e. The fraction of sp³-hybridized carbons (Fsp3) is 0.429. The first-order chi connectivity index (χ1) is 13.3. The number of alkyl halides is 13. The summed E-state index contributed by atoms with van der Waals surface area (Å²) < 4.78 is 174. The van der Waals surface area contributed by atoms with E-state index >= 15 is 0 Å². The third-order valence-corrected chi connectivity index (χ3v) is 3.55. The number of halogens is 13. The third kappa shape index (κ3) is 3.55. The highest BCUT2D eigenvalue weighted by atomic mass is 19.4. The van der Waals surface area contributed by atoms with Gasteiger partial charge in [-0.05, 0) is 12.1 Å². The standard InChI is InChI=1S/C14H5F13N2O/c15-9(16,10(17,18)12(19,20)21)8-29-11(13(22,23)24,14(25,26)27)28-7(30-8)6-4-2-1-3-5-6/h1-5H. The van der Waals surface area contributed by atoms with Crippen LogP contribution in [0.3, 0.4) is 0 Å². The molecular weight excluding hydrogens is 459 g/mol. The Morgan fingerprint density at radius 1 is 0.667 bits per heavy atom. The van der Waals surface area contributed by atoms with E-state index in [1.54, 1.807) is 0 Å². The first-order valence-electron chi connectivity index (χ1n) is 7.17. The van der Waals surface area contributed by atoms with Gasteiger partial charge in [0.2, 0.25) is 5.90 Å². The van der Waals surface area contributed by atoms with E-state index in [-0.39, 0.29) is 0 Å². The predicted molar refractivity (Wildman–Crippen MR) is 72.3 cm³/mol. The number of hydrogen-bond donors (Lipinski definition) is 0. The van der Waals surface area contributed by atoms with Gasteiger partial charge in [0.05, 0.1) is 0 Å². The second-order valence-corrected chi connectivity index (χ2v) is 5.62. The molecule has 1 heterocycles. The Labute approximate surface area is 156 Å². The molecule has 0 aliphatic carbocycles. The zero-order chi connectivity index (χ0) is 23.4. The average molecular weight is 464 g/mol. The van der Waals surface area contributed by atoms with Crippen LogP contribution in [0.1, 0.15) is 5.56 Å². The van der Waals surface area contributed by atoms with E-state index in [1.807, 2.05) is 0 Å². The molecule has 1 aromatic carbocycles. The SMILES string of the molecule is FC(F)(F)C(F)(F)C(F)(F)C1=NC(C(F)(F)F)(C(F)(F)F)N=C(c2ccccc2)O1.